The molecule has 1 fully saturated rings. The lowest BCUT2D eigenvalue weighted by molar-refractivity contribution is -0.138. The Morgan fingerprint density at radius 2 is 1.88 bits per heavy atom. The van der Waals surface area contributed by atoms with Crippen LogP contribution < -0.4 is 10.9 Å². The zero-order valence-corrected chi connectivity index (χ0v) is 19.0. The first-order valence-corrected chi connectivity index (χ1v) is 11.5. The molecule has 2 aliphatic heterocycles. The molecule has 4 rings (SSSR count). The zero-order valence-electron chi connectivity index (χ0n) is 19.0. The van der Waals surface area contributed by atoms with E-state index in [2.05, 4.69) is 27.0 Å². The van der Waals surface area contributed by atoms with Gasteiger partial charge < -0.3 is 10.5 Å². The number of carboxylic acids is 1. The first kappa shape index (κ1) is 23.9. The molecule has 2 aromatic rings. The number of hydrogen-bond donors (Lipinski definition) is 3. The van der Waals surface area contributed by atoms with Crippen molar-refractivity contribution in [2.24, 2.45) is 5.10 Å². The molecule has 3 N–H and O–H groups in total. The van der Waals surface area contributed by atoms with Crippen molar-refractivity contribution < 1.29 is 19.1 Å². The van der Waals surface area contributed by atoms with E-state index >= 15 is 0 Å². The van der Waals surface area contributed by atoms with E-state index in [1.807, 2.05) is 29.3 Å². The summed E-state index contributed by atoms with van der Waals surface area (Å²) in [7, 11) is 0. The fourth-order valence-electron chi connectivity index (χ4n) is 4.18. The smallest absolute Gasteiger partial charge is 0.317 e. The van der Waals surface area contributed by atoms with Crippen LogP contribution in [-0.4, -0.2) is 79.0 Å². The standard InChI is InChI=1S/C25H30FN5O3/c26-21-7-5-19(6-8-21)9-10-27-28-15-20-3-1-2-4-22(20)23-16-29-34-24(23)17-30-11-13-31(14-12-30)18-25(32)33/h1-8,15-16,24,27,29H,9-14,17-18H2,(H,32,33). The molecule has 1 unspecified atom stereocenters. The lowest BCUT2D eigenvalue weighted by atomic mass is 9.96. The van der Waals surface area contributed by atoms with E-state index in [1.165, 1.54) is 12.1 Å². The number of rotatable bonds is 10. The van der Waals surface area contributed by atoms with Gasteiger partial charge in [0.25, 0.3) is 0 Å². The van der Waals surface area contributed by atoms with E-state index in [1.54, 1.807) is 18.3 Å². The van der Waals surface area contributed by atoms with Crippen LogP contribution in [0.1, 0.15) is 16.7 Å². The third-order valence-corrected chi connectivity index (χ3v) is 6.02. The molecule has 2 aliphatic rings. The summed E-state index contributed by atoms with van der Waals surface area (Å²) in [6.45, 7) is 4.54. The van der Waals surface area contributed by atoms with Crippen LogP contribution in [-0.2, 0) is 16.1 Å². The molecule has 8 nitrogen and oxygen atoms in total. The van der Waals surface area contributed by atoms with Crippen molar-refractivity contribution in [2.45, 2.75) is 12.5 Å². The van der Waals surface area contributed by atoms with Crippen LogP contribution in [0, 0.1) is 5.82 Å². The number of piperazine rings is 1. The first-order valence-electron chi connectivity index (χ1n) is 11.5. The molecule has 0 saturated carbocycles. The van der Waals surface area contributed by atoms with Gasteiger partial charge in [-0.15, -0.1) is 0 Å². The number of hydrazone groups is 1. The maximum atomic E-state index is 13.0. The van der Waals surface area contributed by atoms with E-state index in [0.29, 0.717) is 6.54 Å². The van der Waals surface area contributed by atoms with E-state index < -0.39 is 5.97 Å². The molecule has 34 heavy (non-hydrogen) atoms. The van der Waals surface area contributed by atoms with Crippen LogP contribution in [0.5, 0.6) is 0 Å². The van der Waals surface area contributed by atoms with Gasteiger partial charge in [-0.05, 0) is 29.7 Å². The van der Waals surface area contributed by atoms with Crippen molar-refractivity contribution in [1.82, 2.24) is 20.7 Å². The van der Waals surface area contributed by atoms with E-state index in [-0.39, 0.29) is 18.5 Å². The average molecular weight is 468 g/mol. The number of hydrogen-bond acceptors (Lipinski definition) is 7. The Morgan fingerprint density at radius 3 is 2.65 bits per heavy atom. The second-order valence-electron chi connectivity index (χ2n) is 8.42. The van der Waals surface area contributed by atoms with Gasteiger partial charge in [0.2, 0.25) is 0 Å². The summed E-state index contributed by atoms with van der Waals surface area (Å²) in [5.41, 5.74) is 10.1. The van der Waals surface area contributed by atoms with Crippen LogP contribution in [0.3, 0.4) is 0 Å². The molecule has 1 atom stereocenters. The predicted molar refractivity (Wildman–Crippen MR) is 129 cm³/mol. The number of carboxylic acid groups (broad SMARTS) is 1. The van der Waals surface area contributed by atoms with Gasteiger partial charge in [0.05, 0.1) is 12.8 Å². The summed E-state index contributed by atoms with van der Waals surface area (Å²) in [6, 6.07) is 14.5. The maximum absolute atomic E-state index is 13.0. The summed E-state index contributed by atoms with van der Waals surface area (Å²) < 4.78 is 13.0. The number of hydroxylamine groups is 1. The van der Waals surface area contributed by atoms with Gasteiger partial charge in [-0.1, -0.05) is 36.4 Å². The number of halogens is 1. The summed E-state index contributed by atoms with van der Waals surface area (Å²) >= 11 is 0. The van der Waals surface area contributed by atoms with Crippen molar-refractivity contribution in [2.75, 3.05) is 45.8 Å². The molecule has 0 bridgehead atoms. The maximum Gasteiger partial charge on any atom is 0.317 e. The SMILES string of the molecule is O=C(O)CN1CCN(CC2ONC=C2c2ccccc2C=NNCCc2ccc(F)cc2)CC1. The van der Waals surface area contributed by atoms with Crippen molar-refractivity contribution >= 4 is 17.8 Å². The Morgan fingerprint density at radius 1 is 1.15 bits per heavy atom. The lowest BCUT2D eigenvalue weighted by Crippen LogP contribution is -2.50. The minimum absolute atomic E-state index is 0.0884. The van der Waals surface area contributed by atoms with Gasteiger partial charge in [-0.2, -0.15) is 5.10 Å². The summed E-state index contributed by atoms with van der Waals surface area (Å²) in [5, 5.41) is 13.4. The van der Waals surface area contributed by atoms with E-state index in [4.69, 9.17) is 9.94 Å². The second kappa shape index (κ2) is 11.7. The number of nitrogens with zero attached hydrogens (tertiary/aromatic N) is 3. The molecule has 9 heteroatoms. The molecule has 0 spiro atoms. The topological polar surface area (TPSA) is 89.4 Å². The number of aliphatic carboxylic acids is 1. The Bertz CT molecular complexity index is 1020. The number of benzene rings is 2. The average Bonchev–Trinajstić information content (AvgIpc) is 3.29. The molecule has 0 aromatic heterocycles. The highest BCUT2D eigenvalue weighted by Crippen LogP contribution is 2.27. The fraction of sp³-hybridized carbons (Fsp3) is 0.360. The van der Waals surface area contributed by atoms with Gasteiger partial charge in [0.15, 0.2) is 0 Å². The van der Waals surface area contributed by atoms with Gasteiger partial charge >= 0.3 is 5.97 Å². The Balaban J connectivity index is 1.31. The number of nitrogens with one attached hydrogen (secondary N) is 2. The van der Waals surface area contributed by atoms with Crippen LogP contribution in [0.2, 0.25) is 0 Å². The molecule has 180 valence electrons. The second-order valence-corrected chi connectivity index (χ2v) is 8.42. The zero-order chi connectivity index (χ0) is 23.8. The fourth-order valence-corrected chi connectivity index (χ4v) is 4.18. The molecule has 2 heterocycles. The third kappa shape index (κ3) is 6.63. The molecular weight excluding hydrogens is 437 g/mol. The Kier molecular flexibility index (Phi) is 8.24. The molecule has 2 aromatic carbocycles. The Hall–Kier alpha value is -3.27. The minimum Gasteiger partial charge on any atom is -0.480 e. The molecule has 0 aliphatic carbocycles. The first-order chi connectivity index (χ1) is 16.6. The predicted octanol–water partition coefficient (Wildman–Crippen LogP) is 1.94. The van der Waals surface area contributed by atoms with Crippen molar-refractivity contribution in [1.29, 1.82) is 0 Å². The lowest BCUT2D eigenvalue weighted by Gasteiger charge is -2.35. The van der Waals surface area contributed by atoms with Crippen molar-refractivity contribution in [3.8, 4) is 0 Å². The van der Waals surface area contributed by atoms with Crippen molar-refractivity contribution in [3.63, 3.8) is 0 Å². The molecule has 0 amide bonds. The highest BCUT2D eigenvalue weighted by atomic mass is 19.1. The summed E-state index contributed by atoms with van der Waals surface area (Å²) in [6.07, 6.45) is 4.32. The van der Waals surface area contributed by atoms with Crippen LogP contribution in [0.25, 0.3) is 5.57 Å². The monoisotopic (exact) mass is 467 g/mol. The third-order valence-electron chi connectivity index (χ3n) is 6.02. The highest BCUT2D eigenvalue weighted by Gasteiger charge is 2.28. The highest BCUT2D eigenvalue weighted by molar-refractivity contribution is 5.89. The van der Waals surface area contributed by atoms with Gasteiger partial charge in [0, 0.05) is 56.6 Å². The quantitative estimate of drug-likeness (QED) is 0.280. The normalized spacial score (nSPS) is 19.2. The Labute approximate surface area is 198 Å². The summed E-state index contributed by atoms with van der Waals surface area (Å²) in [5.74, 6) is -1.02. The van der Waals surface area contributed by atoms with Gasteiger partial charge in [0.1, 0.15) is 11.9 Å². The largest absolute Gasteiger partial charge is 0.480 e. The number of carbonyl (C=O) groups is 1. The van der Waals surface area contributed by atoms with Crippen LogP contribution >= 0.6 is 0 Å². The van der Waals surface area contributed by atoms with Crippen LogP contribution in [0.4, 0.5) is 4.39 Å². The summed E-state index contributed by atoms with van der Waals surface area (Å²) in [4.78, 5) is 21.0. The molecule has 1 saturated heterocycles. The van der Waals surface area contributed by atoms with E-state index in [0.717, 1.165) is 61.4 Å². The van der Waals surface area contributed by atoms with Crippen LogP contribution in [0.15, 0.2) is 59.8 Å². The van der Waals surface area contributed by atoms with Gasteiger partial charge in [-0.25, -0.2) is 4.39 Å². The van der Waals surface area contributed by atoms with Crippen molar-refractivity contribution in [3.05, 3.63) is 77.2 Å². The molecule has 0 radical (unpaired) electrons. The molecular formula is C25H30FN5O3. The van der Waals surface area contributed by atoms with Gasteiger partial charge in [-0.3, -0.25) is 24.9 Å². The minimum atomic E-state index is -0.787. The van der Waals surface area contributed by atoms with E-state index in [9.17, 15) is 9.18 Å².